The molecule has 9 nitrogen and oxygen atoms in total. The molecule has 0 spiro atoms. The SMILES string of the molecule is C=CCCCO[C@H]1CCN(C(=O)C[C@H](C(=O)C2C[C@H](Oc3nc4ccccc4nc3C=C)C[C@H]2C(=O)OC)C2CCCC2)C1. The topological polar surface area (TPSA) is 108 Å². The molecule has 1 saturated heterocycles. The molecule has 44 heavy (non-hydrogen) atoms. The van der Waals surface area contributed by atoms with E-state index in [0.717, 1.165) is 50.5 Å². The fourth-order valence-corrected chi connectivity index (χ4v) is 7.21. The van der Waals surface area contributed by atoms with E-state index in [-0.39, 0.29) is 30.1 Å². The van der Waals surface area contributed by atoms with Gasteiger partial charge in [-0.15, -0.1) is 6.58 Å². The van der Waals surface area contributed by atoms with Crippen LogP contribution in [0.5, 0.6) is 5.88 Å². The van der Waals surface area contributed by atoms with Crippen molar-refractivity contribution in [3.63, 3.8) is 0 Å². The van der Waals surface area contributed by atoms with Crippen molar-refractivity contribution < 1.29 is 28.6 Å². The summed E-state index contributed by atoms with van der Waals surface area (Å²) in [6.07, 6.45) is 10.5. The molecule has 5 atom stereocenters. The molecule has 3 aliphatic rings. The van der Waals surface area contributed by atoms with Crippen LogP contribution in [0.3, 0.4) is 0 Å². The second kappa shape index (κ2) is 14.9. The van der Waals surface area contributed by atoms with Crippen LogP contribution in [0, 0.1) is 23.7 Å². The number of methoxy groups -OCH3 is 1. The third-order valence-corrected chi connectivity index (χ3v) is 9.56. The number of carbonyl (C=O) groups is 3. The van der Waals surface area contributed by atoms with E-state index in [9.17, 15) is 14.4 Å². The summed E-state index contributed by atoms with van der Waals surface area (Å²) in [4.78, 5) is 52.1. The average Bonchev–Trinajstić information content (AvgIpc) is 3.83. The minimum Gasteiger partial charge on any atom is -0.473 e. The van der Waals surface area contributed by atoms with Crippen molar-refractivity contribution in [2.24, 2.45) is 23.7 Å². The van der Waals surface area contributed by atoms with E-state index in [1.165, 1.54) is 7.11 Å². The minimum atomic E-state index is -0.641. The van der Waals surface area contributed by atoms with Gasteiger partial charge in [-0.2, -0.15) is 0 Å². The number of nitrogens with zero attached hydrogens (tertiary/aromatic N) is 3. The number of amides is 1. The second-order valence-electron chi connectivity index (χ2n) is 12.4. The van der Waals surface area contributed by atoms with Crippen molar-refractivity contribution in [3.05, 3.63) is 49.2 Å². The maximum absolute atomic E-state index is 14.4. The molecule has 0 radical (unpaired) electrons. The maximum Gasteiger partial charge on any atom is 0.309 e. The standard InChI is InChI=1S/C35H45N3O6/c1-4-6-11-18-43-24-16-17-38(22-24)32(39)21-26(23-12-7-8-13-23)33(40)27-19-25(20-28(27)35(41)42-3)44-34-29(5-2)36-30-14-9-10-15-31(30)37-34/h4-5,9-10,14-15,23-28H,1-2,6-8,11-13,16-22H2,3H3/t24-,25-,26-,27?,28+/m0/s1. The summed E-state index contributed by atoms with van der Waals surface area (Å²) in [6, 6.07) is 7.52. The highest BCUT2D eigenvalue weighted by Crippen LogP contribution is 2.42. The Hall–Kier alpha value is -3.59. The number of ether oxygens (including phenoxy) is 3. The first-order valence-corrected chi connectivity index (χ1v) is 16.1. The predicted octanol–water partition coefficient (Wildman–Crippen LogP) is 5.57. The van der Waals surface area contributed by atoms with Gasteiger partial charge in [0, 0.05) is 38.0 Å². The second-order valence-corrected chi connectivity index (χ2v) is 12.4. The van der Waals surface area contributed by atoms with Gasteiger partial charge in [-0.05, 0) is 69.1 Å². The first-order valence-electron chi connectivity index (χ1n) is 16.1. The molecule has 2 heterocycles. The van der Waals surface area contributed by atoms with Crippen molar-refractivity contribution in [3.8, 4) is 5.88 Å². The van der Waals surface area contributed by atoms with Gasteiger partial charge in [0.25, 0.3) is 0 Å². The van der Waals surface area contributed by atoms with Gasteiger partial charge in [0.1, 0.15) is 17.6 Å². The molecule has 9 heteroatoms. The number of likely N-dealkylation sites (tertiary alicyclic amines) is 1. The predicted molar refractivity (Wildman–Crippen MR) is 168 cm³/mol. The first kappa shape index (κ1) is 31.8. The van der Waals surface area contributed by atoms with Crippen molar-refractivity contribution in [1.29, 1.82) is 0 Å². The smallest absolute Gasteiger partial charge is 0.309 e. The number of fused-ring (bicyclic) bond motifs is 1. The largest absolute Gasteiger partial charge is 0.473 e. The van der Waals surface area contributed by atoms with Crippen LogP contribution in [-0.2, 0) is 23.9 Å². The molecule has 1 aromatic heterocycles. The highest BCUT2D eigenvalue weighted by atomic mass is 16.5. The number of para-hydroxylation sites is 2. The Balaban J connectivity index is 1.30. The van der Waals surface area contributed by atoms with Crippen LogP contribution in [0.25, 0.3) is 17.1 Å². The fourth-order valence-electron chi connectivity index (χ4n) is 7.21. The van der Waals surface area contributed by atoms with E-state index in [0.29, 0.717) is 49.6 Å². The number of rotatable bonds is 14. The van der Waals surface area contributed by atoms with Crippen molar-refractivity contribution >= 4 is 34.8 Å². The number of carbonyl (C=O) groups excluding carboxylic acids is 3. The lowest BCUT2D eigenvalue weighted by molar-refractivity contribution is -0.150. The van der Waals surface area contributed by atoms with E-state index in [2.05, 4.69) is 23.1 Å². The molecule has 3 fully saturated rings. The molecule has 5 rings (SSSR count). The monoisotopic (exact) mass is 603 g/mol. The molecule has 2 aromatic rings. The van der Waals surface area contributed by atoms with Gasteiger partial charge < -0.3 is 19.1 Å². The molecular formula is C35H45N3O6. The normalized spacial score (nSPS) is 24.3. The summed E-state index contributed by atoms with van der Waals surface area (Å²) < 4.78 is 17.5. The number of ketones is 1. The molecule has 236 valence electrons. The number of unbranched alkanes of at least 4 members (excludes halogenated alkanes) is 1. The number of hydrogen-bond donors (Lipinski definition) is 0. The molecule has 0 N–H and O–H groups in total. The zero-order chi connectivity index (χ0) is 31.1. The van der Waals surface area contributed by atoms with Crippen molar-refractivity contribution in [1.82, 2.24) is 14.9 Å². The zero-order valence-corrected chi connectivity index (χ0v) is 25.8. The van der Waals surface area contributed by atoms with E-state index in [4.69, 9.17) is 14.2 Å². The first-order chi connectivity index (χ1) is 21.4. The van der Waals surface area contributed by atoms with Crippen LogP contribution >= 0.6 is 0 Å². The number of esters is 1. The van der Waals surface area contributed by atoms with Crippen LogP contribution in [0.15, 0.2) is 43.5 Å². The molecule has 1 aromatic carbocycles. The van der Waals surface area contributed by atoms with Gasteiger partial charge in [0.15, 0.2) is 0 Å². The summed E-state index contributed by atoms with van der Waals surface area (Å²) in [6.45, 7) is 9.47. The average molecular weight is 604 g/mol. The van der Waals surface area contributed by atoms with E-state index in [1.807, 2.05) is 35.2 Å². The summed E-state index contributed by atoms with van der Waals surface area (Å²) in [5, 5.41) is 0. The molecule has 1 unspecified atom stereocenters. The quantitative estimate of drug-likeness (QED) is 0.157. The molecule has 0 bridgehead atoms. The summed E-state index contributed by atoms with van der Waals surface area (Å²) >= 11 is 0. The number of benzene rings is 1. The molecular weight excluding hydrogens is 558 g/mol. The minimum absolute atomic E-state index is 0.00470. The van der Waals surface area contributed by atoms with Crippen LogP contribution in [0.2, 0.25) is 0 Å². The number of allylic oxidation sites excluding steroid dienone is 1. The molecule has 1 aliphatic heterocycles. The lowest BCUT2D eigenvalue weighted by Gasteiger charge is -2.28. The van der Waals surface area contributed by atoms with E-state index >= 15 is 0 Å². The van der Waals surface area contributed by atoms with Crippen molar-refractivity contribution in [2.75, 3.05) is 26.8 Å². The summed E-state index contributed by atoms with van der Waals surface area (Å²) in [5.41, 5.74) is 1.93. The van der Waals surface area contributed by atoms with Crippen LogP contribution in [0.1, 0.15) is 69.9 Å². The molecule has 1 amide bonds. The van der Waals surface area contributed by atoms with Crippen LogP contribution < -0.4 is 4.74 Å². The third-order valence-electron chi connectivity index (χ3n) is 9.56. The summed E-state index contributed by atoms with van der Waals surface area (Å²) in [5.74, 6) is -1.64. The van der Waals surface area contributed by atoms with Gasteiger partial charge >= 0.3 is 5.97 Å². The highest BCUT2D eigenvalue weighted by Gasteiger charge is 2.48. The van der Waals surface area contributed by atoms with Crippen molar-refractivity contribution in [2.45, 2.75) is 76.4 Å². The number of aromatic nitrogens is 2. The Morgan fingerprint density at radius 3 is 2.45 bits per heavy atom. The van der Waals surface area contributed by atoms with Crippen LogP contribution in [0.4, 0.5) is 0 Å². The third kappa shape index (κ3) is 7.37. The zero-order valence-electron chi connectivity index (χ0n) is 25.8. The van der Waals surface area contributed by atoms with Gasteiger partial charge in [-0.25, -0.2) is 9.97 Å². The lowest BCUT2D eigenvalue weighted by atomic mass is 9.76. The molecule has 2 saturated carbocycles. The Labute approximate surface area is 260 Å². The highest BCUT2D eigenvalue weighted by molar-refractivity contribution is 5.92. The number of Topliss-reactive ketones (excluding diaryl/α,β-unsaturated/α-hetero) is 1. The van der Waals surface area contributed by atoms with Gasteiger partial charge in [0.2, 0.25) is 11.8 Å². The van der Waals surface area contributed by atoms with E-state index < -0.39 is 29.8 Å². The van der Waals surface area contributed by atoms with Crippen LogP contribution in [-0.4, -0.2) is 71.5 Å². The lowest BCUT2D eigenvalue weighted by Crippen LogP contribution is -2.38. The van der Waals surface area contributed by atoms with Gasteiger partial charge in [-0.1, -0.05) is 37.6 Å². The Kier molecular flexibility index (Phi) is 10.8. The Morgan fingerprint density at radius 2 is 1.75 bits per heavy atom. The summed E-state index contributed by atoms with van der Waals surface area (Å²) in [7, 11) is 1.35. The van der Waals surface area contributed by atoms with Gasteiger partial charge in [-0.3, -0.25) is 14.4 Å². The fraction of sp³-hybridized carbons (Fsp3) is 0.571. The number of hydrogen-bond acceptors (Lipinski definition) is 8. The Bertz CT molecular complexity index is 1360. The Morgan fingerprint density at radius 1 is 1.02 bits per heavy atom. The molecule has 2 aliphatic carbocycles. The van der Waals surface area contributed by atoms with E-state index in [1.54, 1.807) is 6.08 Å². The van der Waals surface area contributed by atoms with Gasteiger partial charge in [0.05, 0.1) is 30.2 Å². The maximum atomic E-state index is 14.4.